The molecule has 1 aliphatic heterocycles. The fourth-order valence-electron chi connectivity index (χ4n) is 5.51. The molecular weight excluding hydrogens is 482 g/mol. The molecule has 38 heavy (non-hydrogen) atoms. The van der Waals surface area contributed by atoms with E-state index in [9.17, 15) is 19.2 Å². The zero-order chi connectivity index (χ0) is 26.8. The lowest BCUT2D eigenvalue weighted by Crippen LogP contribution is -2.31. The van der Waals surface area contributed by atoms with E-state index in [1.165, 1.54) is 30.6 Å². The second-order valence-corrected chi connectivity index (χ2v) is 9.84. The molecule has 0 radical (unpaired) electrons. The van der Waals surface area contributed by atoms with Crippen LogP contribution in [0, 0.1) is 11.8 Å². The van der Waals surface area contributed by atoms with Gasteiger partial charge in [0.2, 0.25) is 17.6 Å². The van der Waals surface area contributed by atoms with Crippen molar-refractivity contribution in [1.29, 1.82) is 0 Å². The number of hydrogen-bond acceptors (Lipinski definition) is 6. The van der Waals surface area contributed by atoms with Crippen LogP contribution in [0.1, 0.15) is 58.4 Å². The average molecular weight is 512 g/mol. The third kappa shape index (κ3) is 4.84. The predicted octanol–water partition coefficient (Wildman–Crippen LogP) is 5.20. The molecule has 0 N–H and O–H groups in total. The number of ketones is 1. The minimum Gasteiger partial charge on any atom is -0.497 e. The quantitative estimate of drug-likeness (QED) is 0.246. The van der Waals surface area contributed by atoms with Gasteiger partial charge in [0.15, 0.2) is 6.10 Å². The highest BCUT2D eigenvalue weighted by molar-refractivity contribution is 6.22. The number of anilines is 1. The molecule has 0 spiro atoms. The van der Waals surface area contributed by atoms with E-state index in [2.05, 4.69) is 12.1 Å². The third-order valence-corrected chi connectivity index (χ3v) is 7.56. The molecule has 0 unspecified atom stereocenters. The third-order valence-electron chi connectivity index (χ3n) is 7.56. The Balaban J connectivity index is 1.29. The van der Waals surface area contributed by atoms with Gasteiger partial charge in [-0.05, 0) is 80.1 Å². The van der Waals surface area contributed by atoms with Crippen LogP contribution in [0.5, 0.6) is 5.75 Å². The highest BCUT2D eigenvalue weighted by Gasteiger charge is 2.50. The summed E-state index contributed by atoms with van der Waals surface area (Å²) in [6, 6.07) is 22.9. The fourth-order valence-corrected chi connectivity index (χ4v) is 5.51. The summed E-state index contributed by atoms with van der Waals surface area (Å²) >= 11 is 0. The first-order valence-corrected chi connectivity index (χ1v) is 12.8. The molecule has 1 saturated heterocycles. The van der Waals surface area contributed by atoms with Crippen LogP contribution in [0.25, 0.3) is 0 Å². The van der Waals surface area contributed by atoms with Crippen LogP contribution in [-0.2, 0) is 14.3 Å². The van der Waals surface area contributed by atoms with Gasteiger partial charge in [-0.3, -0.25) is 19.3 Å². The first-order chi connectivity index (χ1) is 18.4. The largest absolute Gasteiger partial charge is 0.497 e. The van der Waals surface area contributed by atoms with E-state index in [0.717, 1.165) is 6.42 Å². The minimum atomic E-state index is -1.02. The molecule has 3 aromatic carbocycles. The topological polar surface area (TPSA) is 90.0 Å². The van der Waals surface area contributed by atoms with Crippen molar-refractivity contribution in [3.05, 3.63) is 95.6 Å². The van der Waals surface area contributed by atoms with Crippen molar-refractivity contribution in [2.24, 2.45) is 11.8 Å². The van der Waals surface area contributed by atoms with Gasteiger partial charge in [-0.1, -0.05) is 36.4 Å². The van der Waals surface area contributed by atoms with Crippen molar-refractivity contribution in [3.8, 4) is 5.75 Å². The standard InChI is InChI=1S/C31H29NO6/c1-19(28(33)21-11-14-25(37-2)15-12-21)38-31(36)23-9-6-10-24(17-23)32-29(34)26-16-13-22(18-27(26)30(32)35)20-7-4-3-5-8-20/h3-12,14-15,17,19,22,26-27H,13,16,18H2,1-2H3/t19-,22+,26-,27+/m1/s1. The number of Topliss-reactive ketones (excluding diaryl/α,β-unsaturated/α-hetero) is 1. The Morgan fingerprint density at radius 1 is 0.842 bits per heavy atom. The number of amides is 2. The van der Waals surface area contributed by atoms with Gasteiger partial charge >= 0.3 is 5.97 Å². The molecule has 0 bridgehead atoms. The lowest BCUT2D eigenvalue weighted by molar-refractivity contribution is -0.122. The molecule has 1 aliphatic carbocycles. The number of carbonyl (C=O) groups excluding carboxylic acids is 4. The minimum absolute atomic E-state index is 0.162. The Bertz CT molecular complexity index is 1370. The molecule has 7 nitrogen and oxygen atoms in total. The number of benzene rings is 3. The van der Waals surface area contributed by atoms with Crippen LogP contribution in [0.3, 0.4) is 0 Å². The number of methoxy groups -OCH3 is 1. The van der Waals surface area contributed by atoms with Crippen LogP contribution in [0.2, 0.25) is 0 Å². The van der Waals surface area contributed by atoms with Gasteiger partial charge in [-0.25, -0.2) is 4.79 Å². The van der Waals surface area contributed by atoms with Gasteiger partial charge in [-0.2, -0.15) is 0 Å². The van der Waals surface area contributed by atoms with Gasteiger partial charge < -0.3 is 9.47 Å². The maximum absolute atomic E-state index is 13.4. The zero-order valence-corrected chi connectivity index (χ0v) is 21.3. The normalized spacial score (nSPS) is 21.5. The van der Waals surface area contributed by atoms with Gasteiger partial charge in [0.05, 0.1) is 30.2 Å². The maximum Gasteiger partial charge on any atom is 0.338 e. The highest BCUT2D eigenvalue weighted by Crippen LogP contribution is 2.45. The second-order valence-electron chi connectivity index (χ2n) is 9.84. The average Bonchev–Trinajstić information content (AvgIpc) is 3.21. The van der Waals surface area contributed by atoms with E-state index in [1.807, 2.05) is 18.2 Å². The Morgan fingerprint density at radius 2 is 1.55 bits per heavy atom. The van der Waals surface area contributed by atoms with E-state index in [-0.39, 0.29) is 40.9 Å². The predicted molar refractivity (Wildman–Crippen MR) is 141 cm³/mol. The maximum atomic E-state index is 13.4. The Morgan fingerprint density at radius 3 is 2.26 bits per heavy atom. The van der Waals surface area contributed by atoms with Crippen LogP contribution in [0.15, 0.2) is 78.9 Å². The molecule has 4 atom stereocenters. The van der Waals surface area contributed by atoms with Crippen molar-refractivity contribution in [3.63, 3.8) is 0 Å². The molecule has 1 heterocycles. The van der Waals surface area contributed by atoms with Crippen molar-refractivity contribution >= 4 is 29.3 Å². The monoisotopic (exact) mass is 511 g/mol. The van der Waals surface area contributed by atoms with Crippen molar-refractivity contribution < 1.29 is 28.7 Å². The lowest BCUT2D eigenvalue weighted by Gasteiger charge is -2.28. The SMILES string of the molecule is COc1ccc(C(=O)[C@@H](C)OC(=O)c2cccc(N3C(=O)[C@H]4C[C@@H](c5ccccc5)CC[C@H]4C3=O)c2)cc1. The Labute approximate surface area is 221 Å². The van der Waals surface area contributed by atoms with Crippen molar-refractivity contribution in [2.45, 2.75) is 38.2 Å². The van der Waals surface area contributed by atoms with E-state index in [4.69, 9.17) is 9.47 Å². The number of hydrogen-bond donors (Lipinski definition) is 0. The van der Waals surface area contributed by atoms with E-state index >= 15 is 0 Å². The fraction of sp³-hybridized carbons (Fsp3) is 0.290. The number of rotatable bonds is 7. The second kappa shape index (κ2) is 10.6. The Kier molecular flexibility index (Phi) is 7.09. The van der Waals surface area contributed by atoms with E-state index in [1.54, 1.807) is 42.5 Å². The number of nitrogens with zero attached hydrogens (tertiary/aromatic N) is 1. The van der Waals surface area contributed by atoms with Crippen molar-refractivity contribution in [1.82, 2.24) is 0 Å². The molecule has 5 rings (SSSR count). The number of carbonyl (C=O) groups is 4. The summed E-state index contributed by atoms with van der Waals surface area (Å²) in [6.07, 6.45) is 1.11. The molecule has 1 saturated carbocycles. The molecule has 2 aliphatic rings. The molecule has 7 heteroatoms. The molecule has 2 fully saturated rings. The first-order valence-electron chi connectivity index (χ1n) is 12.8. The van der Waals surface area contributed by atoms with Gasteiger partial charge in [-0.15, -0.1) is 0 Å². The number of fused-ring (bicyclic) bond motifs is 1. The summed E-state index contributed by atoms with van der Waals surface area (Å²) in [4.78, 5) is 53.5. The summed E-state index contributed by atoms with van der Waals surface area (Å²) in [5, 5.41) is 0. The summed E-state index contributed by atoms with van der Waals surface area (Å²) < 4.78 is 10.5. The number of ether oxygens (including phenoxy) is 2. The summed E-state index contributed by atoms with van der Waals surface area (Å²) in [6.45, 7) is 1.51. The van der Waals surface area contributed by atoms with Crippen LogP contribution in [-0.4, -0.2) is 36.8 Å². The highest BCUT2D eigenvalue weighted by atomic mass is 16.5. The summed E-state index contributed by atoms with van der Waals surface area (Å²) in [7, 11) is 1.54. The number of esters is 1. The van der Waals surface area contributed by atoms with Gasteiger partial charge in [0, 0.05) is 5.56 Å². The summed E-state index contributed by atoms with van der Waals surface area (Å²) in [5.74, 6) is -1.38. The zero-order valence-electron chi connectivity index (χ0n) is 21.3. The first kappa shape index (κ1) is 25.4. The van der Waals surface area contributed by atoms with E-state index < -0.39 is 12.1 Å². The molecule has 2 amide bonds. The van der Waals surface area contributed by atoms with Gasteiger partial charge in [0.25, 0.3) is 0 Å². The van der Waals surface area contributed by atoms with E-state index in [0.29, 0.717) is 29.8 Å². The number of imide groups is 1. The molecule has 3 aromatic rings. The summed E-state index contributed by atoms with van der Waals surface area (Å²) in [5.41, 5.74) is 2.08. The molecule has 0 aromatic heterocycles. The van der Waals surface area contributed by atoms with Crippen molar-refractivity contribution in [2.75, 3.05) is 12.0 Å². The lowest BCUT2D eigenvalue weighted by atomic mass is 9.73. The van der Waals surface area contributed by atoms with Crippen LogP contribution < -0.4 is 9.64 Å². The molecular formula is C31H29NO6. The molecule has 194 valence electrons. The van der Waals surface area contributed by atoms with Crippen LogP contribution in [0.4, 0.5) is 5.69 Å². The smallest absolute Gasteiger partial charge is 0.338 e. The van der Waals surface area contributed by atoms with Gasteiger partial charge in [0.1, 0.15) is 5.75 Å². The van der Waals surface area contributed by atoms with Crippen LogP contribution >= 0.6 is 0 Å². The Hall–Kier alpha value is -4.26.